The highest BCUT2D eigenvalue weighted by Gasteiger charge is 2.27. The lowest BCUT2D eigenvalue weighted by Crippen LogP contribution is -2.38. The van der Waals surface area contributed by atoms with Gasteiger partial charge in [-0.15, -0.1) is 10.2 Å². The molecule has 1 heterocycles. The second kappa shape index (κ2) is 11.6. The molecule has 12 heteroatoms. The number of methoxy groups -OCH3 is 1. The van der Waals surface area contributed by atoms with Crippen LogP contribution in [0.25, 0.3) is 0 Å². The molecule has 0 saturated heterocycles. The normalized spacial score (nSPS) is 11.3. The number of carbonyl (C=O) groups is 2. The van der Waals surface area contributed by atoms with Gasteiger partial charge in [0.2, 0.25) is 11.0 Å². The summed E-state index contributed by atoms with van der Waals surface area (Å²) in [6.45, 7) is 5.50. The Morgan fingerprint density at radius 1 is 1.09 bits per heavy atom. The van der Waals surface area contributed by atoms with Crippen molar-refractivity contribution in [2.24, 2.45) is 0 Å². The van der Waals surface area contributed by atoms with Crippen LogP contribution in [0.3, 0.4) is 0 Å². The van der Waals surface area contributed by atoms with Gasteiger partial charge in [0.25, 0.3) is 10.0 Å². The highest BCUT2D eigenvalue weighted by Crippen LogP contribution is 2.28. The lowest BCUT2D eigenvalue weighted by Gasteiger charge is -2.24. The van der Waals surface area contributed by atoms with Crippen LogP contribution in [0.2, 0.25) is 0 Å². The molecule has 0 aliphatic carbocycles. The van der Waals surface area contributed by atoms with Gasteiger partial charge in [-0.25, -0.2) is 8.42 Å². The molecule has 35 heavy (non-hydrogen) atoms. The largest absolute Gasteiger partial charge is 0.468 e. The molecule has 9 nitrogen and oxygen atoms in total. The first-order valence-corrected chi connectivity index (χ1v) is 13.9. The van der Waals surface area contributed by atoms with Crippen molar-refractivity contribution in [2.75, 3.05) is 29.0 Å². The van der Waals surface area contributed by atoms with Crippen LogP contribution in [-0.2, 0) is 24.3 Å². The molecule has 0 atom stereocenters. The number of nitrogens with one attached hydrogen (secondary N) is 1. The molecule has 0 fully saturated rings. The van der Waals surface area contributed by atoms with Crippen molar-refractivity contribution >= 4 is 55.8 Å². The number of hydrogen-bond donors (Lipinski definition) is 1. The van der Waals surface area contributed by atoms with Gasteiger partial charge in [0.15, 0.2) is 4.34 Å². The summed E-state index contributed by atoms with van der Waals surface area (Å²) in [5.74, 6) is -0.641. The van der Waals surface area contributed by atoms with Crippen molar-refractivity contribution in [1.29, 1.82) is 0 Å². The van der Waals surface area contributed by atoms with Crippen molar-refractivity contribution in [3.05, 3.63) is 59.7 Å². The highest BCUT2D eigenvalue weighted by molar-refractivity contribution is 8.01. The van der Waals surface area contributed by atoms with Crippen LogP contribution < -0.4 is 9.62 Å². The SMILES string of the molecule is COC(=O)CSc1nnc(NC(=O)CN(c2ccc(C(C)C)cc2)S(=O)(=O)c2ccc(C)cc2)s1. The number of ether oxygens (including phenoxy) is 1. The molecule has 0 saturated carbocycles. The van der Waals surface area contributed by atoms with Gasteiger partial charge < -0.3 is 4.74 Å². The predicted molar refractivity (Wildman–Crippen MR) is 138 cm³/mol. The number of amides is 1. The van der Waals surface area contributed by atoms with E-state index in [2.05, 4.69) is 20.3 Å². The van der Waals surface area contributed by atoms with E-state index in [1.54, 1.807) is 24.3 Å². The number of esters is 1. The lowest BCUT2D eigenvalue weighted by molar-refractivity contribution is -0.137. The smallest absolute Gasteiger partial charge is 0.316 e. The van der Waals surface area contributed by atoms with Gasteiger partial charge in [-0.05, 0) is 42.7 Å². The first kappa shape index (κ1) is 26.6. The summed E-state index contributed by atoms with van der Waals surface area (Å²) in [6, 6.07) is 13.6. The van der Waals surface area contributed by atoms with E-state index in [-0.39, 0.29) is 21.7 Å². The average Bonchev–Trinajstić information content (AvgIpc) is 3.28. The minimum atomic E-state index is -4.02. The zero-order valence-corrected chi connectivity index (χ0v) is 22.2. The van der Waals surface area contributed by atoms with Gasteiger partial charge in [-0.1, -0.05) is 66.8 Å². The number of aryl methyl sites for hydroxylation is 1. The summed E-state index contributed by atoms with van der Waals surface area (Å²) < 4.78 is 33.1. The Morgan fingerprint density at radius 3 is 2.34 bits per heavy atom. The number of nitrogens with zero attached hydrogens (tertiary/aromatic N) is 3. The molecule has 1 amide bonds. The van der Waals surface area contributed by atoms with E-state index in [0.29, 0.717) is 10.0 Å². The van der Waals surface area contributed by atoms with Crippen molar-refractivity contribution in [3.8, 4) is 0 Å². The monoisotopic (exact) mass is 534 g/mol. The summed E-state index contributed by atoms with van der Waals surface area (Å²) in [5, 5.41) is 10.6. The summed E-state index contributed by atoms with van der Waals surface area (Å²) in [7, 11) is -2.73. The van der Waals surface area contributed by atoms with Crippen LogP contribution in [0.5, 0.6) is 0 Å². The topological polar surface area (TPSA) is 119 Å². The van der Waals surface area contributed by atoms with E-state index < -0.39 is 28.4 Å². The Morgan fingerprint density at radius 2 is 1.74 bits per heavy atom. The second-order valence-electron chi connectivity index (χ2n) is 7.86. The number of benzene rings is 2. The molecule has 3 rings (SSSR count). The number of rotatable bonds is 10. The highest BCUT2D eigenvalue weighted by atomic mass is 32.2. The van der Waals surface area contributed by atoms with Crippen LogP contribution in [0.1, 0.15) is 30.9 Å². The van der Waals surface area contributed by atoms with Crippen LogP contribution in [0.15, 0.2) is 57.8 Å². The Hall–Kier alpha value is -2.96. The molecule has 1 aromatic heterocycles. The molecule has 0 aliphatic heterocycles. The molecule has 0 bridgehead atoms. The Balaban J connectivity index is 1.83. The van der Waals surface area contributed by atoms with Crippen molar-refractivity contribution in [1.82, 2.24) is 10.2 Å². The van der Waals surface area contributed by atoms with E-state index in [0.717, 1.165) is 38.5 Å². The molecule has 0 aliphatic rings. The molecular weight excluding hydrogens is 508 g/mol. The van der Waals surface area contributed by atoms with Gasteiger partial charge in [-0.3, -0.25) is 19.2 Å². The molecule has 2 aromatic carbocycles. The molecule has 0 radical (unpaired) electrons. The molecule has 0 unspecified atom stereocenters. The predicted octanol–water partition coefficient (Wildman–Crippen LogP) is 4.07. The Kier molecular flexibility index (Phi) is 8.87. The number of hydrogen-bond acceptors (Lipinski definition) is 9. The number of sulfonamides is 1. The zero-order chi connectivity index (χ0) is 25.6. The van der Waals surface area contributed by atoms with E-state index in [4.69, 9.17) is 0 Å². The van der Waals surface area contributed by atoms with Gasteiger partial charge in [0.05, 0.1) is 23.4 Å². The fourth-order valence-electron chi connectivity index (χ4n) is 2.97. The Bertz CT molecular complexity index is 1270. The van der Waals surface area contributed by atoms with Gasteiger partial charge in [0.1, 0.15) is 6.54 Å². The first-order chi connectivity index (χ1) is 16.6. The third-order valence-corrected chi connectivity index (χ3v) is 8.67. The second-order valence-corrected chi connectivity index (χ2v) is 11.9. The van der Waals surface area contributed by atoms with Crippen LogP contribution in [-0.4, -0.2) is 49.9 Å². The molecule has 0 spiro atoms. The van der Waals surface area contributed by atoms with E-state index >= 15 is 0 Å². The van der Waals surface area contributed by atoms with Gasteiger partial charge in [-0.2, -0.15) is 0 Å². The third-order valence-electron chi connectivity index (χ3n) is 4.94. The summed E-state index contributed by atoms with van der Waals surface area (Å²) in [5.41, 5.74) is 2.35. The minimum Gasteiger partial charge on any atom is -0.468 e. The van der Waals surface area contributed by atoms with E-state index in [9.17, 15) is 18.0 Å². The first-order valence-electron chi connectivity index (χ1n) is 10.6. The minimum absolute atomic E-state index is 0.0635. The summed E-state index contributed by atoms with van der Waals surface area (Å²) in [4.78, 5) is 24.2. The van der Waals surface area contributed by atoms with E-state index in [1.807, 2.05) is 32.9 Å². The number of aromatic nitrogens is 2. The molecule has 1 N–H and O–H groups in total. The van der Waals surface area contributed by atoms with Crippen molar-refractivity contribution < 1.29 is 22.7 Å². The van der Waals surface area contributed by atoms with Crippen LogP contribution in [0, 0.1) is 6.92 Å². The molecular formula is C23H26N4O5S3. The summed E-state index contributed by atoms with van der Waals surface area (Å²) >= 11 is 2.21. The third kappa shape index (κ3) is 7.03. The van der Waals surface area contributed by atoms with Gasteiger partial charge in [0, 0.05) is 0 Å². The van der Waals surface area contributed by atoms with Crippen LogP contribution >= 0.6 is 23.1 Å². The quantitative estimate of drug-likeness (QED) is 0.235. The number of anilines is 2. The fraction of sp³-hybridized carbons (Fsp3) is 0.304. The van der Waals surface area contributed by atoms with Crippen molar-refractivity contribution in [3.63, 3.8) is 0 Å². The molecule has 3 aromatic rings. The standard InChI is InChI=1S/C23H26N4O5S3/c1-15(2)17-7-9-18(10-8-17)27(35(30,31)19-11-5-16(3)6-12-19)13-20(28)24-22-25-26-23(34-22)33-14-21(29)32-4/h5-12,15H,13-14H2,1-4H3,(H,24,25,28). The van der Waals surface area contributed by atoms with Gasteiger partial charge >= 0.3 is 5.97 Å². The number of carbonyl (C=O) groups excluding carboxylic acids is 2. The average molecular weight is 535 g/mol. The van der Waals surface area contributed by atoms with Crippen LogP contribution in [0.4, 0.5) is 10.8 Å². The van der Waals surface area contributed by atoms with E-state index in [1.165, 1.54) is 19.2 Å². The maximum Gasteiger partial charge on any atom is 0.316 e. The Labute approximate surface area is 213 Å². The lowest BCUT2D eigenvalue weighted by atomic mass is 10.0. The maximum atomic E-state index is 13.5. The van der Waals surface area contributed by atoms with Crippen molar-refractivity contribution in [2.45, 2.75) is 35.9 Å². The molecule has 186 valence electrons. The maximum absolute atomic E-state index is 13.5. The fourth-order valence-corrected chi connectivity index (χ4v) is 5.99. The zero-order valence-electron chi connectivity index (χ0n) is 19.7. The summed E-state index contributed by atoms with van der Waals surface area (Å²) in [6.07, 6.45) is 0. The number of thioether (sulfide) groups is 1.